The number of aromatic nitrogens is 1. The van der Waals surface area contributed by atoms with Gasteiger partial charge in [-0.2, -0.15) is 0 Å². The third-order valence-corrected chi connectivity index (χ3v) is 2.97. The SMILES string of the molecule is NCCc1cc(F)c(OCc2cscn2)c(F)c1. The zero-order valence-electron chi connectivity index (χ0n) is 9.53. The Balaban J connectivity index is 2.12. The van der Waals surface area contributed by atoms with E-state index in [1.54, 1.807) is 10.9 Å². The quantitative estimate of drug-likeness (QED) is 0.908. The van der Waals surface area contributed by atoms with Gasteiger partial charge in [-0.05, 0) is 30.7 Å². The molecule has 0 fully saturated rings. The summed E-state index contributed by atoms with van der Waals surface area (Å²) >= 11 is 1.40. The van der Waals surface area contributed by atoms with E-state index in [-0.39, 0.29) is 12.4 Å². The molecule has 1 aromatic heterocycles. The van der Waals surface area contributed by atoms with Crippen LogP contribution in [0.15, 0.2) is 23.0 Å². The van der Waals surface area contributed by atoms with Gasteiger partial charge in [-0.25, -0.2) is 13.8 Å². The number of rotatable bonds is 5. The Morgan fingerprint density at radius 3 is 2.56 bits per heavy atom. The van der Waals surface area contributed by atoms with Crippen LogP contribution in [0.5, 0.6) is 5.75 Å². The first-order valence-corrected chi connectivity index (χ1v) is 6.33. The van der Waals surface area contributed by atoms with Gasteiger partial charge in [-0.3, -0.25) is 0 Å². The van der Waals surface area contributed by atoms with Gasteiger partial charge in [0.2, 0.25) is 0 Å². The Bertz CT molecular complexity index is 494. The number of halogens is 2. The molecule has 0 saturated carbocycles. The summed E-state index contributed by atoms with van der Waals surface area (Å²) < 4.78 is 32.4. The Hall–Kier alpha value is -1.53. The fourth-order valence-corrected chi connectivity index (χ4v) is 2.06. The van der Waals surface area contributed by atoms with Gasteiger partial charge >= 0.3 is 0 Å². The lowest BCUT2D eigenvalue weighted by atomic mass is 10.1. The second kappa shape index (κ2) is 5.88. The monoisotopic (exact) mass is 270 g/mol. The predicted molar refractivity (Wildman–Crippen MR) is 65.6 cm³/mol. The highest BCUT2D eigenvalue weighted by atomic mass is 32.1. The molecular formula is C12H12F2N2OS. The van der Waals surface area contributed by atoms with Gasteiger partial charge in [-0.1, -0.05) is 0 Å². The molecule has 0 aliphatic heterocycles. The zero-order valence-corrected chi connectivity index (χ0v) is 10.3. The van der Waals surface area contributed by atoms with Gasteiger partial charge in [0.25, 0.3) is 0 Å². The van der Waals surface area contributed by atoms with Crippen molar-refractivity contribution in [2.24, 2.45) is 5.73 Å². The molecule has 0 aliphatic rings. The van der Waals surface area contributed by atoms with Crippen molar-refractivity contribution in [2.45, 2.75) is 13.0 Å². The van der Waals surface area contributed by atoms with Crippen molar-refractivity contribution in [3.05, 3.63) is 45.9 Å². The summed E-state index contributed by atoms with van der Waals surface area (Å²) in [7, 11) is 0. The molecule has 0 aliphatic carbocycles. The first-order chi connectivity index (χ1) is 8.70. The van der Waals surface area contributed by atoms with E-state index < -0.39 is 11.6 Å². The summed E-state index contributed by atoms with van der Waals surface area (Å²) in [4.78, 5) is 3.97. The topological polar surface area (TPSA) is 48.1 Å². The van der Waals surface area contributed by atoms with Gasteiger partial charge in [0.15, 0.2) is 17.4 Å². The van der Waals surface area contributed by atoms with Gasteiger partial charge in [0.1, 0.15) is 6.61 Å². The molecule has 0 bridgehead atoms. The van der Waals surface area contributed by atoms with Gasteiger partial charge in [0.05, 0.1) is 11.2 Å². The minimum atomic E-state index is -0.714. The lowest BCUT2D eigenvalue weighted by Crippen LogP contribution is -2.05. The van der Waals surface area contributed by atoms with Crippen LogP contribution in [0.1, 0.15) is 11.3 Å². The molecule has 0 radical (unpaired) electrons. The molecule has 1 heterocycles. The highest BCUT2D eigenvalue weighted by Gasteiger charge is 2.13. The fourth-order valence-electron chi connectivity index (χ4n) is 1.52. The summed E-state index contributed by atoms with van der Waals surface area (Å²) in [6, 6.07) is 2.48. The summed E-state index contributed by atoms with van der Waals surface area (Å²) in [5.41, 5.74) is 8.14. The lowest BCUT2D eigenvalue weighted by Gasteiger charge is -2.08. The first kappa shape index (κ1) is 12.9. The van der Waals surface area contributed by atoms with E-state index in [1.165, 1.54) is 23.5 Å². The van der Waals surface area contributed by atoms with Gasteiger partial charge in [-0.15, -0.1) is 11.3 Å². The van der Waals surface area contributed by atoms with Gasteiger partial charge in [0, 0.05) is 5.38 Å². The van der Waals surface area contributed by atoms with E-state index in [1.807, 2.05) is 0 Å². The van der Waals surface area contributed by atoms with Crippen molar-refractivity contribution < 1.29 is 13.5 Å². The van der Waals surface area contributed by atoms with Crippen LogP contribution < -0.4 is 10.5 Å². The predicted octanol–water partition coefficient (Wildman–Crippen LogP) is 2.50. The molecular weight excluding hydrogens is 258 g/mol. The molecule has 18 heavy (non-hydrogen) atoms. The summed E-state index contributed by atoms with van der Waals surface area (Å²) in [6.45, 7) is 0.394. The molecule has 2 aromatic rings. The summed E-state index contributed by atoms with van der Waals surface area (Å²) in [5.74, 6) is -1.80. The van der Waals surface area contributed by atoms with Crippen molar-refractivity contribution in [1.29, 1.82) is 0 Å². The Kier molecular flexibility index (Phi) is 4.22. The van der Waals surface area contributed by atoms with E-state index in [9.17, 15) is 8.78 Å². The maximum Gasteiger partial charge on any atom is 0.191 e. The fraction of sp³-hybridized carbons (Fsp3) is 0.250. The van der Waals surface area contributed by atoms with E-state index in [2.05, 4.69) is 4.98 Å². The van der Waals surface area contributed by atoms with Crippen LogP contribution in [0.3, 0.4) is 0 Å². The smallest absolute Gasteiger partial charge is 0.191 e. The number of nitrogens with zero attached hydrogens (tertiary/aromatic N) is 1. The molecule has 0 atom stereocenters. The molecule has 6 heteroatoms. The summed E-state index contributed by atoms with van der Waals surface area (Å²) in [5, 5.41) is 1.76. The third-order valence-electron chi connectivity index (χ3n) is 2.34. The summed E-state index contributed by atoms with van der Waals surface area (Å²) in [6.07, 6.45) is 0.431. The minimum absolute atomic E-state index is 0.0492. The van der Waals surface area contributed by atoms with E-state index in [0.29, 0.717) is 24.2 Å². The molecule has 2 N–H and O–H groups in total. The van der Waals surface area contributed by atoms with Crippen molar-refractivity contribution in [1.82, 2.24) is 4.98 Å². The number of nitrogens with two attached hydrogens (primary N) is 1. The molecule has 1 aromatic carbocycles. The van der Waals surface area contributed by atoms with Gasteiger partial charge < -0.3 is 10.5 Å². The second-order valence-electron chi connectivity index (χ2n) is 3.70. The van der Waals surface area contributed by atoms with E-state index in [4.69, 9.17) is 10.5 Å². The van der Waals surface area contributed by atoms with Crippen LogP contribution in [0.4, 0.5) is 8.78 Å². The van der Waals surface area contributed by atoms with Crippen LogP contribution >= 0.6 is 11.3 Å². The molecule has 0 spiro atoms. The molecule has 0 amide bonds. The lowest BCUT2D eigenvalue weighted by molar-refractivity contribution is 0.270. The van der Waals surface area contributed by atoms with Crippen molar-refractivity contribution in [3.63, 3.8) is 0 Å². The van der Waals surface area contributed by atoms with Crippen LogP contribution in [0.25, 0.3) is 0 Å². The zero-order chi connectivity index (χ0) is 13.0. The first-order valence-electron chi connectivity index (χ1n) is 5.38. The van der Waals surface area contributed by atoms with E-state index >= 15 is 0 Å². The molecule has 3 nitrogen and oxygen atoms in total. The average molecular weight is 270 g/mol. The maximum atomic E-state index is 13.6. The largest absolute Gasteiger partial charge is 0.481 e. The van der Waals surface area contributed by atoms with Crippen molar-refractivity contribution in [2.75, 3.05) is 6.54 Å². The molecule has 96 valence electrons. The highest BCUT2D eigenvalue weighted by Crippen LogP contribution is 2.24. The number of thiazole rings is 1. The number of hydrogen-bond donors (Lipinski definition) is 1. The maximum absolute atomic E-state index is 13.6. The molecule has 2 rings (SSSR count). The van der Waals surface area contributed by atoms with Crippen LogP contribution in [0, 0.1) is 11.6 Å². The number of ether oxygens (including phenoxy) is 1. The number of benzene rings is 1. The Morgan fingerprint density at radius 1 is 1.28 bits per heavy atom. The minimum Gasteiger partial charge on any atom is -0.481 e. The standard InChI is InChI=1S/C12H12F2N2OS/c13-10-3-8(1-2-15)4-11(14)12(10)17-5-9-6-18-7-16-9/h3-4,6-7H,1-2,5,15H2. The Labute approximate surface area is 107 Å². The van der Waals surface area contributed by atoms with Crippen molar-refractivity contribution >= 4 is 11.3 Å². The third kappa shape index (κ3) is 3.02. The molecule has 0 unspecified atom stereocenters. The number of hydrogen-bond acceptors (Lipinski definition) is 4. The van der Waals surface area contributed by atoms with Crippen LogP contribution in [-0.2, 0) is 13.0 Å². The molecule has 0 saturated heterocycles. The van der Waals surface area contributed by atoms with E-state index in [0.717, 1.165) is 0 Å². The normalized spacial score (nSPS) is 10.6. The Morgan fingerprint density at radius 2 is 2.00 bits per heavy atom. The average Bonchev–Trinajstić information content (AvgIpc) is 2.81. The second-order valence-corrected chi connectivity index (χ2v) is 4.41. The van der Waals surface area contributed by atoms with Crippen LogP contribution in [0.2, 0.25) is 0 Å². The van der Waals surface area contributed by atoms with Crippen LogP contribution in [-0.4, -0.2) is 11.5 Å². The highest BCUT2D eigenvalue weighted by molar-refractivity contribution is 7.07. The van der Waals surface area contributed by atoms with Crippen molar-refractivity contribution in [3.8, 4) is 5.75 Å².